The van der Waals surface area contributed by atoms with E-state index in [-0.39, 0.29) is 17.8 Å². The van der Waals surface area contributed by atoms with Gasteiger partial charge < -0.3 is 11.1 Å². The fourth-order valence-electron chi connectivity index (χ4n) is 3.08. The number of nitrogens with two attached hydrogens (primary N) is 1. The van der Waals surface area contributed by atoms with Crippen LogP contribution in [0.15, 0.2) is 12.1 Å². The number of fused-ring (bicyclic) bond motifs is 1. The second-order valence-electron chi connectivity index (χ2n) is 5.88. The summed E-state index contributed by atoms with van der Waals surface area (Å²) in [6.07, 6.45) is 0.712. The molecule has 3 N–H and O–H groups in total. The van der Waals surface area contributed by atoms with Crippen LogP contribution in [0.2, 0.25) is 0 Å². The molecule has 5 nitrogen and oxygen atoms in total. The summed E-state index contributed by atoms with van der Waals surface area (Å²) in [7, 11) is 0. The van der Waals surface area contributed by atoms with E-state index in [1.54, 1.807) is 0 Å². The Morgan fingerprint density at radius 2 is 2.05 bits per heavy atom. The Morgan fingerprint density at radius 3 is 2.77 bits per heavy atom. The predicted octanol–water partition coefficient (Wildman–Crippen LogP) is 3.20. The first kappa shape index (κ1) is 14.7. The van der Waals surface area contributed by atoms with Gasteiger partial charge in [0, 0.05) is 0 Å². The number of hydrogen-bond donors (Lipinski definition) is 2. The largest absolute Gasteiger partial charge is 0.368 e. The Labute approximate surface area is 129 Å². The molecule has 0 amide bonds. The fourth-order valence-corrected chi connectivity index (χ4v) is 3.08. The molecule has 1 heterocycles. The number of anilines is 2. The van der Waals surface area contributed by atoms with Gasteiger partial charge in [0.1, 0.15) is 0 Å². The maximum absolute atomic E-state index is 13.4. The Bertz CT molecular complexity index is 714. The maximum Gasteiger partial charge on any atom is 0.228 e. The van der Waals surface area contributed by atoms with Crippen molar-refractivity contribution in [2.45, 2.75) is 45.8 Å². The number of rotatable bonds is 3. The quantitative estimate of drug-likeness (QED) is 0.910. The van der Waals surface area contributed by atoms with Gasteiger partial charge in [-0.1, -0.05) is 17.7 Å². The molecule has 1 aliphatic carbocycles. The van der Waals surface area contributed by atoms with E-state index in [2.05, 4.69) is 46.2 Å². The smallest absolute Gasteiger partial charge is 0.228 e. The Kier molecular flexibility index (Phi) is 3.68. The van der Waals surface area contributed by atoms with Crippen molar-refractivity contribution in [1.82, 2.24) is 15.0 Å². The van der Waals surface area contributed by atoms with E-state index >= 15 is 0 Å². The topological polar surface area (TPSA) is 76.7 Å². The van der Waals surface area contributed by atoms with E-state index in [1.165, 1.54) is 29.2 Å². The first-order valence-corrected chi connectivity index (χ1v) is 7.46. The Hall–Kier alpha value is -2.24. The minimum absolute atomic E-state index is 0.0376. The predicted molar refractivity (Wildman–Crippen MR) is 84.4 cm³/mol. The van der Waals surface area contributed by atoms with Gasteiger partial charge >= 0.3 is 0 Å². The number of nitrogens with one attached hydrogen (secondary N) is 1. The van der Waals surface area contributed by atoms with Crippen molar-refractivity contribution in [3.05, 3.63) is 40.2 Å². The number of aryl methyl sites for hydroxylation is 2. The molecule has 6 heteroatoms. The minimum atomic E-state index is -1.27. The first-order chi connectivity index (χ1) is 10.4. The zero-order chi connectivity index (χ0) is 15.9. The van der Waals surface area contributed by atoms with Crippen molar-refractivity contribution in [1.29, 1.82) is 0 Å². The monoisotopic (exact) mass is 301 g/mol. The molecule has 0 bridgehead atoms. The number of alkyl halides is 1. The average Bonchev–Trinajstić information content (AvgIpc) is 2.81. The summed E-state index contributed by atoms with van der Waals surface area (Å²) in [5, 5.41) is 3.28. The molecule has 22 heavy (non-hydrogen) atoms. The highest BCUT2D eigenvalue weighted by Gasteiger charge is 2.25. The summed E-state index contributed by atoms with van der Waals surface area (Å²) in [5.74, 6) is 0.438. The lowest BCUT2D eigenvalue weighted by molar-refractivity contribution is 0.356. The highest BCUT2D eigenvalue weighted by molar-refractivity contribution is 5.47. The normalized spacial score (nSPS) is 18.1. The van der Waals surface area contributed by atoms with Gasteiger partial charge in [-0.2, -0.15) is 15.0 Å². The third-order valence-electron chi connectivity index (χ3n) is 4.04. The van der Waals surface area contributed by atoms with Crippen molar-refractivity contribution in [3.8, 4) is 0 Å². The molecule has 0 saturated carbocycles. The molecular formula is C16H20FN5. The molecule has 1 aromatic heterocycles. The molecule has 1 unspecified atom stereocenters. The molecule has 1 aromatic carbocycles. The van der Waals surface area contributed by atoms with Gasteiger partial charge in [0.2, 0.25) is 11.9 Å². The molecule has 3 rings (SSSR count). The zero-order valence-corrected chi connectivity index (χ0v) is 13.0. The standard InChI is InChI=1S/C16H20FN5/c1-8-6-9(2)11-4-5-13(12(11)7-8)19-16-21-14(10(3)17)20-15(18)22-16/h6-7,10,13H,4-5H2,1-3H3,(H3,18,19,20,21,22)/t10-,13?/m1/s1. The van der Waals surface area contributed by atoms with Crippen LogP contribution in [0.5, 0.6) is 0 Å². The van der Waals surface area contributed by atoms with Crippen LogP contribution >= 0.6 is 0 Å². The minimum Gasteiger partial charge on any atom is -0.368 e. The van der Waals surface area contributed by atoms with Gasteiger partial charge in [0.25, 0.3) is 0 Å². The van der Waals surface area contributed by atoms with E-state index < -0.39 is 6.17 Å². The SMILES string of the molecule is Cc1cc(C)c2c(c1)C(Nc1nc(N)nc([C@@H](C)F)n1)CC2. The molecule has 0 radical (unpaired) electrons. The molecule has 0 spiro atoms. The molecule has 2 aromatic rings. The van der Waals surface area contributed by atoms with Gasteiger partial charge in [-0.3, -0.25) is 0 Å². The number of benzene rings is 1. The van der Waals surface area contributed by atoms with Gasteiger partial charge in [0.15, 0.2) is 12.0 Å². The summed E-state index contributed by atoms with van der Waals surface area (Å²) >= 11 is 0. The van der Waals surface area contributed by atoms with E-state index in [9.17, 15) is 4.39 Å². The number of hydrogen-bond acceptors (Lipinski definition) is 5. The molecular weight excluding hydrogens is 281 g/mol. The Balaban J connectivity index is 1.91. The second kappa shape index (κ2) is 5.51. The number of nitrogen functional groups attached to an aromatic ring is 1. The lowest BCUT2D eigenvalue weighted by Crippen LogP contribution is -2.14. The zero-order valence-electron chi connectivity index (χ0n) is 13.0. The summed E-state index contributed by atoms with van der Waals surface area (Å²) in [6, 6.07) is 4.51. The molecule has 0 fully saturated rings. The van der Waals surface area contributed by atoms with Crippen molar-refractivity contribution < 1.29 is 4.39 Å². The van der Waals surface area contributed by atoms with Crippen molar-refractivity contribution in [2.75, 3.05) is 11.1 Å². The fraction of sp³-hybridized carbons (Fsp3) is 0.438. The molecule has 116 valence electrons. The van der Waals surface area contributed by atoms with Gasteiger partial charge in [0.05, 0.1) is 6.04 Å². The van der Waals surface area contributed by atoms with Crippen molar-refractivity contribution in [3.63, 3.8) is 0 Å². The number of nitrogens with zero attached hydrogens (tertiary/aromatic N) is 3. The average molecular weight is 301 g/mol. The van der Waals surface area contributed by atoms with Crippen LogP contribution in [0.25, 0.3) is 0 Å². The second-order valence-corrected chi connectivity index (χ2v) is 5.88. The van der Waals surface area contributed by atoms with E-state index in [0.29, 0.717) is 5.95 Å². The van der Waals surface area contributed by atoms with Crippen LogP contribution < -0.4 is 11.1 Å². The van der Waals surface area contributed by atoms with Gasteiger partial charge in [-0.25, -0.2) is 4.39 Å². The molecule has 0 aliphatic heterocycles. The van der Waals surface area contributed by atoms with Gasteiger partial charge in [-0.05, 0) is 50.3 Å². The summed E-state index contributed by atoms with van der Waals surface area (Å²) in [6.45, 7) is 5.61. The van der Waals surface area contributed by atoms with Crippen LogP contribution in [-0.2, 0) is 6.42 Å². The summed E-state index contributed by atoms with van der Waals surface area (Å²) in [4.78, 5) is 12.0. The van der Waals surface area contributed by atoms with Gasteiger partial charge in [-0.15, -0.1) is 0 Å². The molecule has 2 atom stereocenters. The lowest BCUT2D eigenvalue weighted by atomic mass is 10.00. The van der Waals surface area contributed by atoms with E-state index in [0.717, 1.165) is 12.8 Å². The summed E-state index contributed by atoms with van der Waals surface area (Å²) in [5.41, 5.74) is 10.8. The van der Waals surface area contributed by atoms with Crippen molar-refractivity contribution in [2.24, 2.45) is 0 Å². The first-order valence-electron chi connectivity index (χ1n) is 7.46. The number of aromatic nitrogens is 3. The van der Waals surface area contributed by atoms with Crippen LogP contribution in [-0.4, -0.2) is 15.0 Å². The van der Waals surface area contributed by atoms with E-state index in [4.69, 9.17) is 5.73 Å². The van der Waals surface area contributed by atoms with Crippen LogP contribution in [0.3, 0.4) is 0 Å². The van der Waals surface area contributed by atoms with E-state index in [1.807, 2.05) is 0 Å². The van der Waals surface area contributed by atoms with Crippen LogP contribution in [0, 0.1) is 13.8 Å². The Morgan fingerprint density at radius 1 is 1.27 bits per heavy atom. The summed E-state index contributed by atoms with van der Waals surface area (Å²) < 4.78 is 13.4. The van der Waals surface area contributed by atoms with Crippen LogP contribution in [0.4, 0.5) is 16.3 Å². The van der Waals surface area contributed by atoms with Crippen molar-refractivity contribution >= 4 is 11.9 Å². The van der Waals surface area contributed by atoms with Crippen LogP contribution in [0.1, 0.15) is 53.6 Å². The third-order valence-corrected chi connectivity index (χ3v) is 4.04. The highest BCUT2D eigenvalue weighted by Crippen LogP contribution is 2.36. The molecule has 0 saturated heterocycles. The maximum atomic E-state index is 13.4. The number of halogens is 1. The third kappa shape index (κ3) is 2.73. The lowest BCUT2D eigenvalue weighted by Gasteiger charge is -2.16. The molecule has 1 aliphatic rings. The highest BCUT2D eigenvalue weighted by atomic mass is 19.1.